The highest BCUT2D eigenvalue weighted by Gasteiger charge is 2.17. The van der Waals surface area contributed by atoms with E-state index in [1.807, 2.05) is 0 Å². The van der Waals surface area contributed by atoms with Crippen molar-refractivity contribution < 1.29 is 14.7 Å². The van der Waals surface area contributed by atoms with Gasteiger partial charge in [0.1, 0.15) is 11.7 Å². The number of aldehydes is 1. The van der Waals surface area contributed by atoms with Crippen LogP contribution in [0.15, 0.2) is 36.9 Å². The van der Waals surface area contributed by atoms with E-state index in [0.717, 1.165) is 0 Å². The number of carboxylic acids is 1. The van der Waals surface area contributed by atoms with E-state index in [9.17, 15) is 9.59 Å². The van der Waals surface area contributed by atoms with E-state index in [4.69, 9.17) is 16.7 Å². The molecule has 2 rings (SSSR count). The third-order valence-electron chi connectivity index (χ3n) is 2.48. The lowest BCUT2D eigenvalue weighted by Gasteiger charge is -2.10. The zero-order chi connectivity index (χ0) is 13.1. The number of rotatable bonds is 4. The first-order valence-electron chi connectivity index (χ1n) is 5.08. The summed E-state index contributed by atoms with van der Waals surface area (Å²) in [6.45, 7) is 0. The topological polar surface area (TPSA) is 72.2 Å². The van der Waals surface area contributed by atoms with Gasteiger partial charge in [0.15, 0.2) is 0 Å². The monoisotopic (exact) mass is 264 g/mol. The number of alkyl halides is 1. The number of hydrogen-bond acceptors (Lipinski definition) is 3. The molecule has 1 aromatic heterocycles. The van der Waals surface area contributed by atoms with Crippen molar-refractivity contribution in [2.75, 3.05) is 0 Å². The fourth-order valence-corrected chi connectivity index (χ4v) is 1.80. The number of halogens is 1. The number of carbonyl (C=O) groups is 2. The van der Waals surface area contributed by atoms with Crippen molar-refractivity contribution in [2.24, 2.45) is 0 Å². The average molecular weight is 265 g/mol. The van der Waals surface area contributed by atoms with Crippen LogP contribution in [0.25, 0.3) is 5.69 Å². The molecule has 1 N–H and O–H groups in total. The van der Waals surface area contributed by atoms with Crippen molar-refractivity contribution in [1.29, 1.82) is 0 Å². The molecule has 2 aromatic rings. The van der Waals surface area contributed by atoms with Gasteiger partial charge in [0.2, 0.25) is 0 Å². The molecule has 1 heterocycles. The summed E-state index contributed by atoms with van der Waals surface area (Å²) >= 11 is 5.82. The molecule has 18 heavy (non-hydrogen) atoms. The second kappa shape index (κ2) is 5.01. The molecule has 0 amide bonds. The van der Waals surface area contributed by atoms with Gasteiger partial charge in [0.05, 0.1) is 11.9 Å². The lowest BCUT2D eigenvalue weighted by Crippen LogP contribution is -2.06. The van der Waals surface area contributed by atoms with Crippen LogP contribution in [0.2, 0.25) is 0 Å². The fourth-order valence-electron chi connectivity index (χ4n) is 1.62. The molecule has 5 nitrogen and oxygen atoms in total. The average Bonchev–Trinajstić information content (AvgIpc) is 2.90. The van der Waals surface area contributed by atoms with Crippen LogP contribution in [-0.2, 0) is 4.79 Å². The predicted molar refractivity (Wildman–Crippen MR) is 65.2 cm³/mol. The number of nitrogens with zero attached hydrogens (tertiary/aromatic N) is 2. The Morgan fingerprint density at radius 1 is 1.50 bits per heavy atom. The number of aromatic nitrogens is 2. The summed E-state index contributed by atoms with van der Waals surface area (Å²) < 4.78 is 1.70. The third kappa shape index (κ3) is 2.26. The van der Waals surface area contributed by atoms with Crippen LogP contribution in [0.1, 0.15) is 21.3 Å². The van der Waals surface area contributed by atoms with E-state index < -0.39 is 11.3 Å². The van der Waals surface area contributed by atoms with E-state index in [0.29, 0.717) is 12.0 Å². The Balaban J connectivity index is 2.55. The van der Waals surface area contributed by atoms with Crippen molar-refractivity contribution >= 4 is 23.9 Å². The summed E-state index contributed by atoms with van der Waals surface area (Å²) in [7, 11) is 0. The van der Waals surface area contributed by atoms with Crippen molar-refractivity contribution in [3.63, 3.8) is 0 Å². The maximum absolute atomic E-state index is 11.0. The predicted octanol–water partition coefficient (Wildman–Crippen LogP) is 2.05. The van der Waals surface area contributed by atoms with Gasteiger partial charge < -0.3 is 14.5 Å². The zero-order valence-electron chi connectivity index (χ0n) is 9.15. The van der Waals surface area contributed by atoms with Crippen LogP contribution in [0.5, 0.6) is 0 Å². The van der Waals surface area contributed by atoms with Gasteiger partial charge in [-0.3, -0.25) is 0 Å². The highest BCUT2D eigenvalue weighted by Crippen LogP contribution is 2.25. The third-order valence-corrected chi connectivity index (χ3v) is 2.82. The van der Waals surface area contributed by atoms with Gasteiger partial charge in [-0.25, -0.2) is 9.78 Å². The fraction of sp³-hybridized carbons (Fsp3) is 0.0833. The second-order valence-electron chi connectivity index (χ2n) is 3.58. The molecule has 1 aromatic carbocycles. The Kier molecular flexibility index (Phi) is 3.43. The summed E-state index contributed by atoms with van der Waals surface area (Å²) in [6, 6.07) is 4.62. The molecule has 0 bridgehead atoms. The van der Waals surface area contributed by atoms with E-state index in [1.165, 1.54) is 6.07 Å². The van der Waals surface area contributed by atoms with Crippen molar-refractivity contribution in [2.45, 2.75) is 5.38 Å². The van der Waals surface area contributed by atoms with E-state index in [1.54, 1.807) is 35.4 Å². The van der Waals surface area contributed by atoms with Gasteiger partial charge in [-0.05, 0) is 23.8 Å². The summed E-state index contributed by atoms with van der Waals surface area (Å²) in [6.07, 6.45) is 5.39. The quantitative estimate of drug-likeness (QED) is 0.678. The highest BCUT2D eigenvalue weighted by molar-refractivity contribution is 6.28. The molecule has 1 unspecified atom stereocenters. The van der Waals surface area contributed by atoms with Gasteiger partial charge in [0, 0.05) is 18.1 Å². The molecular formula is C12H9ClN2O3. The molecule has 6 heteroatoms. The number of benzene rings is 1. The smallest absolute Gasteiger partial charge is 0.336 e. The summed E-state index contributed by atoms with van der Waals surface area (Å²) in [5.41, 5.74) is 0.983. The number of carboxylic acid groups (broad SMARTS) is 1. The van der Waals surface area contributed by atoms with E-state index >= 15 is 0 Å². The van der Waals surface area contributed by atoms with Crippen molar-refractivity contribution in [3.05, 3.63) is 48.0 Å². The first-order chi connectivity index (χ1) is 8.63. The van der Waals surface area contributed by atoms with E-state index in [-0.39, 0.29) is 11.1 Å². The Labute approximate surface area is 108 Å². The van der Waals surface area contributed by atoms with Crippen molar-refractivity contribution in [3.8, 4) is 5.69 Å². The van der Waals surface area contributed by atoms with Crippen LogP contribution in [-0.4, -0.2) is 26.9 Å². The SMILES string of the molecule is O=CC(Cl)c1cc(-n2ccnc2)ccc1C(=O)O. The van der Waals surface area contributed by atoms with Gasteiger partial charge in [-0.2, -0.15) is 0 Å². The van der Waals surface area contributed by atoms with E-state index in [2.05, 4.69) is 4.98 Å². The molecule has 0 fully saturated rings. The Hall–Kier alpha value is -2.14. The number of aromatic carboxylic acids is 1. The molecule has 92 valence electrons. The normalized spacial score (nSPS) is 12.1. The first kappa shape index (κ1) is 12.3. The second-order valence-corrected chi connectivity index (χ2v) is 4.05. The van der Waals surface area contributed by atoms with Crippen LogP contribution in [0, 0.1) is 0 Å². The molecular weight excluding hydrogens is 256 g/mol. The molecule has 0 spiro atoms. The Morgan fingerprint density at radius 2 is 2.28 bits per heavy atom. The Morgan fingerprint density at radius 3 is 2.83 bits per heavy atom. The van der Waals surface area contributed by atoms with Crippen molar-refractivity contribution in [1.82, 2.24) is 9.55 Å². The lowest BCUT2D eigenvalue weighted by atomic mass is 10.0. The Bertz CT molecular complexity index is 581. The molecule has 1 atom stereocenters. The highest BCUT2D eigenvalue weighted by atomic mass is 35.5. The molecule has 0 aliphatic rings. The molecule has 0 aliphatic carbocycles. The van der Waals surface area contributed by atoms with Crippen LogP contribution in [0.4, 0.5) is 0 Å². The summed E-state index contributed by atoms with van der Waals surface area (Å²) in [5, 5.41) is 8.05. The minimum absolute atomic E-state index is 0.0194. The minimum atomic E-state index is -1.12. The van der Waals surface area contributed by atoms with Gasteiger partial charge >= 0.3 is 5.97 Å². The number of carbonyl (C=O) groups excluding carboxylic acids is 1. The van der Waals surface area contributed by atoms with Gasteiger partial charge in [-0.15, -0.1) is 11.6 Å². The first-order valence-corrected chi connectivity index (χ1v) is 5.52. The largest absolute Gasteiger partial charge is 0.478 e. The van der Waals surface area contributed by atoms with Gasteiger partial charge in [0.25, 0.3) is 0 Å². The van der Waals surface area contributed by atoms with Crippen LogP contribution in [0.3, 0.4) is 0 Å². The molecule has 0 saturated carbocycles. The molecule has 0 radical (unpaired) electrons. The number of hydrogen-bond donors (Lipinski definition) is 1. The van der Waals surface area contributed by atoms with Crippen LogP contribution >= 0.6 is 11.6 Å². The van der Waals surface area contributed by atoms with Crippen LogP contribution < -0.4 is 0 Å². The lowest BCUT2D eigenvalue weighted by molar-refractivity contribution is -0.107. The maximum Gasteiger partial charge on any atom is 0.336 e. The maximum atomic E-state index is 11.0. The summed E-state index contributed by atoms with van der Waals surface area (Å²) in [4.78, 5) is 25.7. The zero-order valence-corrected chi connectivity index (χ0v) is 9.91. The standard InChI is InChI=1S/C12H9ClN2O3/c13-11(6-16)10-5-8(15-4-3-14-7-15)1-2-9(10)12(17)18/h1-7,11H,(H,17,18). The minimum Gasteiger partial charge on any atom is -0.478 e. The number of imidazole rings is 1. The molecule has 0 saturated heterocycles. The summed E-state index contributed by atoms with van der Waals surface area (Å²) in [5.74, 6) is -1.12. The molecule has 0 aliphatic heterocycles. The van der Waals surface area contributed by atoms with Gasteiger partial charge in [-0.1, -0.05) is 0 Å².